The summed E-state index contributed by atoms with van der Waals surface area (Å²) >= 11 is 0. The van der Waals surface area contributed by atoms with Gasteiger partial charge in [-0.05, 0) is 32.0 Å². The standard InChI is InChI=1S/C13H14FN5/c1-9(2)19-13(17-8-18-19)7-16-11-3-4-12(14)10(5-11)6-15/h3-5,8-9,16H,7H2,1-2H3. The van der Waals surface area contributed by atoms with Gasteiger partial charge in [-0.3, -0.25) is 0 Å². The summed E-state index contributed by atoms with van der Waals surface area (Å²) in [7, 11) is 0. The number of nitriles is 1. The number of hydrogen-bond donors (Lipinski definition) is 1. The molecule has 0 atom stereocenters. The molecule has 1 aromatic carbocycles. The molecular formula is C13H14FN5. The molecule has 2 aromatic rings. The normalized spacial score (nSPS) is 10.5. The zero-order valence-electron chi connectivity index (χ0n) is 10.8. The van der Waals surface area contributed by atoms with E-state index in [1.807, 2.05) is 24.6 Å². The maximum atomic E-state index is 13.2. The molecule has 0 radical (unpaired) electrons. The largest absolute Gasteiger partial charge is 0.378 e. The van der Waals surface area contributed by atoms with Gasteiger partial charge in [0.05, 0.1) is 12.1 Å². The quantitative estimate of drug-likeness (QED) is 0.916. The first-order valence-electron chi connectivity index (χ1n) is 5.93. The van der Waals surface area contributed by atoms with Gasteiger partial charge in [0.2, 0.25) is 0 Å². The highest BCUT2D eigenvalue weighted by Gasteiger charge is 2.08. The highest BCUT2D eigenvalue weighted by Crippen LogP contribution is 2.15. The van der Waals surface area contributed by atoms with Crippen LogP contribution >= 0.6 is 0 Å². The molecule has 1 N–H and O–H groups in total. The van der Waals surface area contributed by atoms with Crippen LogP contribution in [0.2, 0.25) is 0 Å². The first-order valence-corrected chi connectivity index (χ1v) is 5.93. The van der Waals surface area contributed by atoms with E-state index in [-0.39, 0.29) is 11.6 Å². The molecule has 0 aliphatic heterocycles. The molecule has 0 fully saturated rings. The lowest BCUT2D eigenvalue weighted by molar-refractivity contribution is 0.509. The van der Waals surface area contributed by atoms with Gasteiger partial charge in [-0.15, -0.1) is 0 Å². The molecule has 1 heterocycles. The van der Waals surface area contributed by atoms with Crippen LogP contribution in [0.3, 0.4) is 0 Å². The highest BCUT2D eigenvalue weighted by atomic mass is 19.1. The molecule has 0 bridgehead atoms. The lowest BCUT2D eigenvalue weighted by atomic mass is 10.2. The number of rotatable bonds is 4. The molecule has 0 aliphatic carbocycles. The Bertz CT molecular complexity index is 612. The van der Waals surface area contributed by atoms with E-state index < -0.39 is 5.82 Å². The molecule has 0 amide bonds. The fraction of sp³-hybridized carbons (Fsp3) is 0.308. The Kier molecular flexibility index (Phi) is 3.76. The van der Waals surface area contributed by atoms with Gasteiger partial charge in [0, 0.05) is 11.7 Å². The summed E-state index contributed by atoms with van der Waals surface area (Å²) in [6, 6.07) is 6.37. The van der Waals surface area contributed by atoms with Crippen LogP contribution in [-0.2, 0) is 6.54 Å². The third kappa shape index (κ3) is 2.88. The Morgan fingerprint density at radius 2 is 2.26 bits per heavy atom. The summed E-state index contributed by atoms with van der Waals surface area (Å²) in [5.41, 5.74) is 0.701. The summed E-state index contributed by atoms with van der Waals surface area (Å²) in [6.07, 6.45) is 1.50. The average Bonchev–Trinajstić information content (AvgIpc) is 2.86. The van der Waals surface area contributed by atoms with Gasteiger partial charge in [-0.25, -0.2) is 14.1 Å². The molecule has 0 unspecified atom stereocenters. The lowest BCUT2D eigenvalue weighted by Gasteiger charge is -2.11. The van der Waals surface area contributed by atoms with Crippen LogP contribution in [0, 0.1) is 17.1 Å². The smallest absolute Gasteiger partial charge is 0.146 e. The van der Waals surface area contributed by atoms with E-state index in [0.29, 0.717) is 12.2 Å². The summed E-state index contributed by atoms with van der Waals surface area (Å²) in [4.78, 5) is 4.16. The van der Waals surface area contributed by atoms with Crippen LogP contribution in [-0.4, -0.2) is 14.8 Å². The minimum absolute atomic E-state index is 0.0235. The van der Waals surface area contributed by atoms with Gasteiger partial charge in [0.25, 0.3) is 0 Å². The fourth-order valence-electron chi connectivity index (χ4n) is 1.73. The summed E-state index contributed by atoms with van der Waals surface area (Å²) < 4.78 is 15.0. The molecule has 19 heavy (non-hydrogen) atoms. The summed E-state index contributed by atoms with van der Waals surface area (Å²) in [6.45, 7) is 4.50. The van der Waals surface area contributed by atoms with Gasteiger partial charge in [0.15, 0.2) is 0 Å². The van der Waals surface area contributed by atoms with Crippen molar-refractivity contribution in [2.24, 2.45) is 0 Å². The first-order chi connectivity index (χ1) is 9.11. The first kappa shape index (κ1) is 13.0. The van der Waals surface area contributed by atoms with Gasteiger partial charge >= 0.3 is 0 Å². The number of aromatic nitrogens is 3. The second-order valence-electron chi connectivity index (χ2n) is 4.37. The molecule has 0 saturated heterocycles. The summed E-state index contributed by atoms with van der Waals surface area (Å²) in [5.74, 6) is 0.274. The zero-order chi connectivity index (χ0) is 13.8. The second kappa shape index (κ2) is 5.48. The van der Waals surface area contributed by atoms with Crippen LogP contribution in [0.25, 0.3) is 0 Å². The van der Waals surface area contributed by atoms with Crippen LogP contribution < -0.4 is 5.32 Å². The number of nitrogens with one attached hydrogen (secondary N) is 1. The zero-order valence-corrected chi connectivity index (χ0v) is 10.8. The van der Waals surface area contributed by atoms with Gasteiger partial charge in [-0.1, -0.05) is 0 Å². The Labute approximate surface area is 110 Å². The summed E-state index contributed by atoms with van der Waals surface area (Å²) in [5, 5.41) is 16.0. The predicted molar refractivity (Wildman–Crippen MR) is 68.8 cm³/mol. The number of anilines is 1. The third-order valence-electron chi connectivity index (χ3n) is 2.67. The van der Waals surface area contributed by atoms with Gasteiger partial charge < -0.3 is 5.32 Å². The predicted octanol–water partition coefficient (Wildman–Crippen LogP) is 2.48. The molecule has 2 rings (SSSR count). The monoisotopic (exact) mass is 259 g/mol. The Hall–Kier alpha value is -2.42. The van der Waals surface area contributed by atoms with Crippen molar-refractivity contribution in [2.75, 3.05) is 5.32 Å². The van der Waals surface area contributed by atoms with Crippen LogP contribution in [0.5, 0.6) is 0 Å². The van der Waals surface area contributed by atoms with Crippen molar-refractivity contribution in [1.82, 2.24) is 14.8 Å². The molecule has 0 aliphatic rings. The van der Waals surface area contributed by atoms with E-state index >= 15 is 0 Å². The van der Waals surface area contributed by atoms with Crippen LogP contribution in [0.1, 0.15) is 31.3 Å². The molecule has 0 spiro atoms. The number of hydrogen-bond acceptors (Lipinski definition) is 4. The Morgan fingerprint density at radius 1 is 1.47 bits per heavy atom. The van der Waals surface area contributed by atoms with E-state index in [4.69, 9.17) is 5.26 Å². The van der Waals surface area contributed by atoms with Crippen molar-refractivity contribution in [3.8, 4) is 6.07 Å². The van der Waals surface area contributed by atoms with E-state index in [0.717, 1.165) is 5.82 Å². The molecular weight excluding hydrogens is 245 g/mol. The van der Waals surface area contributed by atoms with Crippen molar-refractivity contribution in [3.05, 3.63) is 41.7 Å². The van der Waals surface area contributed by atoms with E-state index in [1.54, 1.807) is 6.07 Å². The minimum atomic E-state index is -0.515. The molecule has 0 saturated carbocycles. The topological polar surface area (TPSA) is 66.5 Å². The molecule has 6 heteroatoms. The maximum Gasteiger partial charge on any atom is 0.146 e. The maximum absolute atomic E-state index is 13.2. The third-order valence-corrected chi connectivity index (χ3v) is 2.67. The van der Waals surface area contributed by atoms with E-state index in [2.05, 4.69) is 15.4 Å². The number of benzene rings is 1. The van der Waals surface area contributed by atoms with Crippen molar-refractivity contribution in [2.45, 2.75) is 26.4 Å². The van der Waals surface area contributed by atoms with Crippen LogP contribution in [0.15, 0.2) is 24.5 Å². The van der Waals surface area contributed by atoms with Crippen molar-refractivity contribution < 1.29 is 4.39 Å². The fourth-order valence-corrected chi connectivity index (χ4v) is 1.73. The van der Waals surface area contributed by atoms with Gasteiger partial charge in [-0.2, -0.15) is 10.4 Å². The average molecular weight is 259 g/mol. The van der Waals surface area contributed by atoms with Crippen molar-refractivity contribution >= 4 is 5.69 Å². The Morgan fingerprint density at radius 3 is 2.95 bits per heavy atom. The molecule has 1 aromatic heterocycles. The highest BCUT2D eigenvalue weighted by molar-refractivity contribution is 5.49. The van der Waals surface area contributed by atoms with E-state index in [1.165, 1.54) is 18.5 Å². The second-order valence-corrected chi connectivity index (χ2v) is 4.37. The molecule has 5 nitrogen and oxygen atoms in total. The molecule has 98 valence electrons. The Balaban J connectivity index is 2.11. The number of nitrogens with zero attached hydrogens (tertiary/aromatic N) is 4. The SMILES string of the molecule is CC(C)n1ncnc1CNc1ccc(F)c(C#N)c1. The van der Waals surface area contributed by atoms with Crippen molar-refractivity contribution in [3.63, 3.8) is 0 Å². The van der Waals surface area contributed by atoms with Crippen molar-refractivity contribution in [1.29, 1.82) is 5.26 Å². The van der Waals surface area contributed by atoms with Crippen LogP contribution in [0.4, 0.5) is 10.1 Å². The lowest BCUT2D eigenvalue weighted by Crippen LogP contribution is -2.12. The van der Waals surface area contributed by atoms with E-state index in [9.17, 15) is 4.39 Å². The minimum Gasteiger partial charge on any atom is -0.378 e. The van der Waals surface area contributed by atoms with Gasteiger partial charge in [0.1, 0.15) is 24.0 Å². The number of halogens is 1.